The predicted octanol–water partition coefficient (Wildman–Crippen LogP) is 4.64. The van der Waals surface area contributed by atoms with E-state index in [-0.39, 0.29) is 11.9 Å². The van der Waals surface area contributed by atoms with E-state index in [4.69, 9.17) is 5.73 Å². The molecule has 4 bridgehead atoms. The van der Waals surface area contributed by atoms with Gasteiger partial charge in [0.15, 0.2) is 0 Å². The minimum absolute atomic E-state index is 0.192. The number of imide groups is 1. The molecule has 6 nitrogen and oxygen atoms in total. The molecule has 0 spiro atoms. The number of carbonyl (C=O) groups excluding carboxylic acids is 2. The van der Waals surface area contributed by atoms with Gasteiger partial charge in [-0.2, -0.15) is 0 Å². The Labute approximate surface area is 198 Å². The third-order valence-electron chi connectivity index (χ3n) is 8.63. The van der Waals surface area contributed by atoms with Crippen LogP contribution >= 0.6 is 0 Å². The quantitative estimate of drug-likeness (QED) is 0.451. The molecule has 1 atom stereocenters. The fourth-order valence-electron chi connectivity index (χ4n) is 7.52. The predicted molar refractivity (Wildman–Crippen MR) is 131 cm³/mol. The first-order valence-electron chi connectivity index (χ1n) is 13.2. The van der Waals surface area contributed by atoms with Crippen LogP contribution in [0.1, 0.15) is 88.7 Å². The molecule has 33 heavy (non-hydrogen) atoms. The molecule has 1 aromatic rings. The molecule has 0 radical (unpaired) electrons. The second-order valence-electron chi connectivity index (χ2n) is 11.2. The van der Waals surface area contributed by atoms with Crippen LogP contribution in [0.3, 0.4) is 0 Å². The van der Waals surface area contributed by atoms with Crippen LogP contribution < -0.4 is 21.3 Å². The van der Waals surface area contributed by atoms with Crippen molar-refractivity contribution in [3.8, 4) is 0 Å². The van der Waals surface area contributed by atoms with Crippen molar-refractivity contribution >= 4 is 17.6 Å². The Balaban J connectivity index is 1.30. The van der Waals surface area contributed by atoms with Crippen molar-refractivity contribution in [2.45, 2.75) is 88.6 Å². The van der Waals surface area contributed by atoms with Crippen LogP contribution in [0.25, 0.3) is 0 Å². The SMILES string of the molecule is NCCCCCCC(NC12CC3CC(CC(C3)C1)C2)c1ccc(N2CCC(=O)NC2=O)cc1. The number of nitrogens with zero attached hydrogens (tertiary/aromatic N) is 1. The smallest absolute Gasteiger partial charge is 0.328 e. The van der Waals surface area contributed by atoms with E-state index < -0.39 is 0 Å². The Kier molecular flexibility index (Phi) is 6.75. The van der Waals surface area contributed by atoms with Crippen molar-refractivity contribution in [2.75, 3.05) is 18.0 Å². The first-order chi connectivity index (χ1) is 16.0. The number of amides is 3. The first kappa shape index (κ1) is 22.9. The van der Waals surface area contributed by atoms with E-state index in [0.717, 1.165) is 42.8 Å². The van der Waals surface area contributed by atoms with Crippen LogP contribution in [0, 0.1) is 17.8 Å². The van der Waals surface area contributed by atoms with Gasteiger partial charge >= 0.3 is 6.03 Å². The Morgan fingerprint density at radius 1 is 0.970 bits per heavy atom. The van der Waals surface area contributed by atoms with E-state index in [1.165, 1.54) is 63.4 Å². The van der Waals surface area contributed by atoms with Gasteiger partial charge in [0, 0.05) is 30.2 Å². The van der Waals surface area contributed by atoms with Crippen molar-refractivity contribution in [3.05, 3.63) is 29.8 Å². The number of nitrogens with two attached hydrogens (primary N) is 1. The minimum atomic E-state index is -0.317. The average molecular weight is 453 g/mol. The van der Waals surface area contributed by atoms with Crippen molar-refractivity contribution in [2.24, 2.45) is 23.5 Å². The van der Waals surface area contributed by atoms with Gasteiger partial charge in [-0.15, -0.1) is 0 Å². The van der Waals surface area contributed by atoms with E-state index in [0.29, 0.717) is 24.5 Å². The topological polar surface area (TPSA) is 87.5 Å². The number of rotatable bonds is 10. The summed E-state index contributed by atoms with van der Waals surface area (Å²) in [6.45, 7) is 1.23. The lowest BCUT2D eigenvalue weighted by Gasteiger charge is -2.58. The molecule has 6 heteroatoms. The second-order valence-corrected chi connectivity index (χ2v) is 11.2. The third kappa shape index (κ3) is 5.12. The summed E-state index contributed by atoms with van der Waals surface area (Å²) in [4.78, 5) is 25.4. The van der Waals surface area contributed by atoms with E-state index >= 15 is 0 Å². The summed E-state index contributed by atoms with van der Waals surface area (Å²) in [5.41, 5.74) is 8.19. The maximum atomic E-state index is 12.2. The van der Waals surface area contributed by atoms with Crippen LogP contribution in [0.15, 0.2) is 24.3 Å². The average Bonchev–Trinajstić information content (AvgIpc) is 2.77. The molecule has 0 aromatic heterocycles. The number of unbranched alkanes of at least 4 members (excludes halogenated alkanes) is 3. The van der Waals surface area contributed by atoms with E-state index in [2.05, 4.69) is 22.8 Å². The first-order valence-corrected chi connectivity index (χ1v) is 13.2. The van der Waals surface area contributed by atoms with Crippen molar-refractivity contribution in [1.82, 2.24) is 10.6 Å². The maximum absolute atomic E-state index is 12.2. The monoisotopic (exact) mass is 452 g/mol. The van der Waals surface area contributed by atoms with Gasteiger partial charge < -0.3 is 11.1 Å². The molecule has 180 valence electrons. The molecule has 1 heterocycles. The summed E-state index contributed by atoms with van der Waals surface area (Å²) in [6.07, 6.45) is 14.7. The molecule has 4 saturated carbocycles. The van der Waals surface area contributed by atoms with Crippen LogP contribution in [0.2, 0.25) is 0 Å². The van der Waals surface area contributed by atoms with E-state index in [1.54, 1.807) is 4.90 Å². The molecular formula is C27H40N4O2. The summed E-state index contributed by atoms with van der Waals surface area (Å²) in [5.74, 6) is 2.59. The van der Waals surface area contributed by atoms with Gasteiger partial charge in [0.1, 0.15) is 0 Å². The number of benzene rings is 1. The molecule has 1 saturated heterocycles. The van der Waals surface area contributed by atoms with Gasteiger partial charge in [0.2, 0.25) is 5.91 Å². The van der Waals surface area contributed by atoms with Crippen LogP contribution in [-0.4, -0.2) is 30.6 Å². The molecule has 1 aromatic carbocycles. The van der Waals surface area contributed by atoms with Crippen LogP contribution in [-0.2, 0) is 4.79 Å². The molecule has 1 aliphatic heterocycles. The highest BCUT2D eigenvalue weighted by Crippen LogP contribution is 2.56. The summed E-state index contributed by atoms with van der Waals surface area (Å²) in [5, 5.41) is 6.64. The fourth-order valence-corrected chi connectivity index (χ4v) is 7.52. The zero-order chi connectivity index (χ0) is 22.8. The zero-order valence-corrected chi connectivity index (χ0v) is 19.9. The zero-order valence-electron chi connectivity index (χ0n) is 19.9. The highest BCUT2D eigenvalue weighted by Gasteiger charge is 2.51. The largest absolute Gasteiger partial charge is 0.330 e. The molecule has 6 rings (SSSR count). The minimum Gasteiger partial charge on any atom is -0.330 e. The van der Waals surface area contributed by atoms with Gasteiger partial charge in [0.05, 0.1) is 0 Å². The Morgan fingerprint density at radius 2 is 1.61 bits per heavy atom. The molecule has 5 fully saturated rings. The lowest BCUT2D eigenvalue weighted by atomic mass is 9.53. The molecule has 4 aliphatic carbocycles. The lowest BCUT2D eigenvalue weighted by molar-refractivity contribution is -0.120. The summed E-state index contributed by atoms with van der Waals surface area (Å²) in [6, 6.07) is 8.52. The van der Waals surface area contributed by atoms with Gasteiger partial charge in [-0.05, 0) is 93.4 Å². The van der Waals surface area contributed by atoms with E-state index in [9.17, 15) is 9.59 Å². The molecule has 1 unspecified atom stereocenters. The van der Waals surface area contributed by atoms with Crippen molar-refractivity contribution < 1.29 is 9.59 Å². The third-order valence-corrected chi connectivity index (χ3v) is 8.63. The Morgan fingerprint density at radius 3 is 2.21 bits per heavy atom. The van der Waals surface area contributed by atoms with Gasteiger partial charge in [-0.1, -0.05) is 31.4 Å². The molecule has 4 N–H and O–H groups in total. The van der Waals surface area contributed by atoms with Gasteiger partial charge in [0.25, 0.3) is 0 Å². The van der Waals surface area contributed by atoms with Crippen LogP contribution in [0.4, 0.5) is 10.5 Å². The second kappa shape index (κ2) is 9.75. The molecular weight excluding hydrogens is 412 g/mol. The molecule has 3 amide bonds. The van der Waals surface area contributed by atoms with Gasteiger partial charge in [-0.3, -0.25) is 15.0 Å². The van der Waals surface area contributed by atoms with E-state index in [1.807, 2.05) is 12.1 Å². The summed E-state index contributed by atoms with van der Waals surface area (Å²) in [7, 11) is 0. The van der Waals surface area contributed by atoms with Crippen LogP contribution in [0.5, 0.6) is 0 Å². The van der Waals surface area contributed by atoms with Crippen molar-refractivity contribution in [1.29, 1.82) is 0 Å². The summed E-state index contributed by atoms with van der Waals surface area (Å²) >= 11 is 0. The highest BCUT2D eigenvalue weighted by atomic mass is 16.2. The summed E-state index contributed by atoms with van der Waals surface area (Å²) < 4.78 is 0. The number of nitrogens with one attached hydrogen (secondary N) is 2. The number of hydrogen-bond donors (Lipinski definition) is 3. The highest BCUT2D eigenvalue weighted by molar-refractivity contribution is 6.05. The number of urea groups is 1. The Bertz CT molecular complexity index is 817. The number of hydrogen-bond acceptors (Lipinski definition) is 4. The standard InChI is InChI=1S/C27H40N4O2/c28-11-4-2-1-3-5-24(30-27-16-19-13-20(17-27)15-21(14-19)18-27)22-6-8-23(9-7-22)31-12-10-25(32)29-26(31)33/h6-9,19-21,24,30H,1-5,10-18,28H2,(H,29,32,33). The fraction of sp³-hybridized carbons (Fsp3) is 0.704. The van der Waals surface area contributed by atoms with Gasteiger partial charge in [-0.25, -0.2) is 4.79 Å². The normalized spacial score (nSPS) is 31.7. The lowest BCUT2D eigenvalue weighted by Crippen LogP contribution is -2.59. The number of carbonyl (C=O) groups is 2. The van der Waals surface area contributed by atoms with Crippen molar-refractivity contribution in [3.63, 3.8) is 0 Å². The maximum Gasteiger partial charge on any atom is 0.328 e. The molecule has 5 aliphatic rings. The Hall–Kier alpha value is -1.92. The number of anilines is 1.